The van der Waals surface area contributed by atoms with Crippen LogP contribution in [0.3, 0.4) is 0 Å². The molecule has 0 radical (unpaired) electrons. The zero-order valence-corrected chi connectivity index (χ0v) is 24.3. The van der Waals surface area contributed by atoms with E-state index in [2.05, 4.69) is 6.58 Å². The average molecular weight is 585 g/mol. The van der Waals surface area contributed by atoms with Crippen molar-refractivity contribution in [3.05, 3.63) is 130 Å². The van der Waals surface area contributed by atoms with Gasteiger partial charge < -0.3 is 29.9 Å². The van der Waals surface area contributed by atoms with Crippen LogP contribution < -0.4 is 11.3 Å². The predicted molar refractivity (Wildman–Crippen MR) is 166 cm³/mol. The number of fused-ring (bicyclic) bond motifs is 1. The van der Waals surface area contributed by atoms with Crippen LogP contribution in [-0.4, -0.2) is 58.7 Å². The number of carbonyl (C=O) groups is 1. The van der Waals surface area contributed by atoms with Crippen molar-refractivity contribution in [3.8, 4) is 11.1 Å². The standard InChI is InChI=1S/C33H33ClN4O4/c1-4-36(2)30(21-35)33(41,24-10-8-22(9-11-24)32(40)38-14-16-42-17-15-38)25-12-13-29-28(19-25)27(20-31(39)37(29)3)23-6-5-7-26(34)18-23/h4-13,18-21,41H,1,14-17,35H2,2-3H3/b30-21-. The summed E-state index contributed by atoms with van der Waals surface area (Å²) >= 11 is 6.30. The van der Waals surface area contributed by atoms with E-state index in [0.717, 1.165) is 10.9 Å². The van der Waals surface area contributed by atoms with Gasteiger partial charge in [-0.3, -0.25) is 9.59 Å². The van der Waals surface area contributed by atoms with Crippen molar-refractivity contribution in [2.45, 2.75) is 5.60 Å². The first-order chi connectivity index (χ1) is 20.2. The number of pyridine rings is 1. The first kappa shape index (κ1) is 29.1. The first-order valence-electron chi connectivity index (χ1n) is 13.6. The molecule has 0 spiro atoms. The number of benzene rings is 3. The van der Waals surface area contributed by atoms with Crippen molar-refractivity contribution >= 4 is 28.4 Å². The molecule has 1 amide bonds. The molecular weight excluding hydrogens is 552 g/mol. The number of nitrogens with zero attached hydrogens (tertiary/aromatic N) is 3. The van der Waals surface area contributed by atoms with Crippen LogP contribution >= 0.6 is 11.6 Å². The van der Waals surface area contributed by atoms with Crippen molar-refractivity contribution in [1.29, 1.82) is 0 Å². The summed E-state index contributed by atoms with van der Waals surface area (Å²) in [5.74, 6) is -0.0935. The molecule has 3 aromatic carbocycles. The highest BCUT2D eigenvalue weighted by Gasteiger charge is 2.38. The molecule has 216 valence electrons. The van der Waals surface area contributed by atoms with Gasteiger partial charge in [0.15, 0.2) is 5.60 Å². The Labute approximate surface area is 249 Å². The predicted octanol–water partition coefficient (Wildman–Crippen LogP) is 4.44. The Hall–Kier alpha value is -4.37. The maximum absolute atomic E-state index is 13.1. The third-order valence-electron chi connectivity index (χ3n) is 7.83. The van der Waals surface area contributed by atoms with Gasteiger partial charge in [0.25, 0.3) is 11.5 Å². The topological polar surface area (TPSA) is 101 Å². The van der Waals surface area contributed by atoms with E-state index in [-0.39, 0.29) is 11.5 Å². The smallest absolute Gasteiger partial charge is 0.254 e. The van der Waals surface area contributed by atoms with Crippen molar-refractivity contribution in [3.63, 3.8) is 0 Å². The maximum Gasteiger partial charge on any atom is 0.254 e. The second-order valence-corrected chi connectivity index (χ2v) is 10.7. The highest BCUT2D eigenvalue weighted by Crippen LogP contribution is 2.40. The molecule has 5 rings (SSSR count). The Kier molecular flexibility index (Phi) is 8.22. The third kappa shape index (κ3) is 5.20. The number of rotatable bonds is 7. The van der Waals surface area contributed by atoms with E-state index in [4.69, 9.17) is 22.1 Å². The molecule has 2 heterocycles. The Bertz CT molecular complexity index is 1740. The summed E-state index contributed by atoms with van der Waals surface area (Å²) in [6, 6.07) is 21.2. The number of aryl methyl sites for hydroxylation is 1. The molecule has 3 N–H and O–H groups in total. The zero-order chi connectivity index (χ0) is 30.0. The summed E-state index contributed by atoms with van der Waals surface area (Å²) in [5.41, 5.74) is 8.24. The van der Waals surface area contributed by atoms with Crippen molar-refractivity contribution < 1.29 is 14.6 Å². The molecule has 1 aliphatic heterocycles. The number of halogens is 1. The van der Waals surface area contributed by atoms with Gasteiger partial charge in [0.2, 0.25) is 0 Å². The second-order valence-electron chi connectivity index (χ2n) is 10.2. The minimum atomic E-state index is -1.74. The molecule has 0 aliphatic carbocycles. The van der Waals surface area contributed by atoms with Crippen molar-refractivity contribution in [1.82, 2.24) is 14.4 Å². The number of aromatic nitrogens is 1. The molecule has 9 heteroatoms. The van der Waals surface area contributed by atoms with Crippen LogP contribution in [0.1, 0.15) is 21.5 Å². The fourth-order valence-corrected chi connectivity index (χ4v) is 5.63. The summed E-state index contributed by atoms with van der Waals surface area (Å²) in [6.45, 7) is 5.94. The van der Waals surface area contributed by atoms with Gasteiger partial charge >= 0.3 is 0 Å². The number of morpholine rings is 1. The van der Waals surface area contributed by atoms with Crippen LogP contribution in [0.15, 0.2) is 102 Å². The van der Waals surface area contributed by atoms with Crippen LogP contribution in [0.2, 0.25) is 5.02 Å². The summed E-state index contributed by atoms with van der Waals surface area (Å²) in [7, 11) is 3.45. The Balaban J connectivity index is 1.70. The SMILES string of the molecule is C=CN(C)/C(=C\N)C(O)(c1ccc(C(=O)N2CCOCC2)cc1)c1ccc2c(c1)c(-c1cccc(Cl)c1)cc(=O)n2C. The molecule has 4 aromatic rings. The van der Waals surface area contributed by atoms with E-state index in [9.17, 15) is 14.7 Å². The Morgan fingerprint density at radius 3 is 2.40 bits per heavy atom. The van der Waals surface area contributed by atoms with Gasteiger partial charge in [0, 0.05) is 55.4 Å². The van der Waals surface area contributed by atoms with Crippen LogP contribution in [0.25, 0.3) is 22.0 Å². The minimum Gasteiger partial charge on any atom is -0.403 e. The highest BCUT2D eigenvalue weighted by molar-refractivity contribution is 6.30. The van der Waals surface area contributed by atoms with E-state index in [1.807, 2.05) is 24.3 Å². The fraction of sp³-hybridized carbons (Fsp3) is 0.212. The summed E-state index contributed by atoms with van der Waals surface area (Å²) < 4.78 is 6.94. The number of hydrogen-bond donors (Lipinski definition) is 2. The van der Waals surface area contributed by atoms with E-state index < -0.39 is 5.60 Å². The quantitative estimate of drug-likeness (QED) is 0.333. The van der Waals surface area contributed by atoms with Gasteiger partial charge in [-0.05, 0) is 64.9 Å². The van der Waals surface area contributed by atoms with Gasteiger partial charge in [-0.25, -0.2) is 0 Å². The van der Waals surface area contributed by atoms with E-state index in [1.165, 1.54) is 6.20 Å². The lowest BCUT2D eigenvalue weighted by atomic mass is 9.81. The molecule has 0 bridgehead atoms. The summed E-state index contributed by atoms with van der Waals surface area (Å²) in [5, 5.41) is 13.9. The second kappa shape index (κ2) is 11.9. The van der Waals surface area contributed by atoms with Crippen molar-refractivity contribution in [2.24, 2.45) is 12.8 Å². The number of carbonyl (C=O) groups excluding carboxylic acids is 1. The fourth-order valence-electron chi connectivity index (χ4n) is 5.44. The monoisotopic (exact) mass is 584 g/mol. The van der Waals surface area contributed by atoms with E-state index in [0.29, 0.717) is 64.8 Å². The van der Waals surface area contributed by atoms with Crippen LogP contribution in [-0.2, 0) is 17.4 Å². The van der Waals surface area contributed by atoms with Crippen molar-refractivity contribution in [2.75, 3.05) is 33.4 Å². The molecule has 1 aliphatic rings. The maximum atomic E-state index is 13.1. The van der Waals surface area contributed by atoms with E-state index >= 15 is 0 Å². The normalized spacial score (nSPS) is 15.3. The Morgan fingerprint density at radius 2 is 1.76 bits per heavy atom. The number of ether oxygens (including phenoxy) is 1. The molecule has 8 nitrogen and oxygen atoms in total. The lowest BCUT2D eigenvalue weighted by Crippen LogP contribution is -2.40. The summed E-state index contributed by atoms with van der Waals surface area (Å²) in [6.07, 6.45) is 2.90. The molecule has 1 aromatic heterocycles. The van der Waals surface area contributed by atoms with Crippen LogP contribution in [0, 0.1) is 0 Å². The highest BCUT2D eigenvalue weighted by atomic mass is 35.5. The third-order valence-corrected chi connectivity index (χ3v) is 8.07. The largest absolute Gasteiger partial charge is 0.403 e. The molecule has 1 fully saturated rings. The summed E-state index contributed by atoms with van der Waals surface area (Å²) in [4.78, 5) is 29.4. The number of hydrogen-bond acceptors (Lipinski definition) is 6. The molecule has 1 saturated heterocycles. The first-order valence-corrected chi connectivity index (χ1v) is 13.9. The molecule has 1 atom stereocenters. The Morgan fingerprint density at radius 1 is 1.07 bits per heavy atom. The zero-order valence-electron chi connectivity index (χ0n) is 23.6. The molecule has 1 unspecified atom stereocenters. The van der Waals surface area contributed by atoms with Gasteiger partial charge in [-0.1, -0.05) is 48.5 Å². The number of aliphatic hydroxyl groups is 1. The van der Waals surface area contributed by atoms with Gasteiger partial charge in [-0.15, -0.1) is 0 Å². The van der Waals surface area contributed by atoms with Gasteiger partial charge in [-0.2, -0.15) is 0 Å². The lowest BCUT2D eigenvalue weighted by Gasteiger charge is -2.36. The minimum absolute atomic E-state index is 0.0935. The van der Waals surface area contributed by atoms with Gasteiger partial charge in [0.1, 0.15) is 0 Å². The lowest BCUT2D eigenvalue weighted by molar-refractivity contribution is 0.0302. The number of amides is 1. The van der Waals surface area contributed by atoms with Crippen LogP contribution in [0.5, 0.6) is 0 Å². The molecule has 0 saturated carbocycles. The molecular formula is C33H33ClN4O4. The van der Waals surface area contributed by atoms with E-state index in [1.54, 1.807) is 83.2 Å². The van der Waals surface area contributed by atoms with Crippen LogP contribution in [0.4, 0.5) is 0 Å². The molecule has 42 heavy (non-hydrogen) atoms. The van der Waals surface area contributed by atoms with Gasteiger partial charge in [0.05, 0.1) is 24.4 Å². The number of nitrogens with two attached hydrogens (primary N) is 1. The average Bonchev–Trinajstić information content (AvgIpc) is 3.02. The number of likely N-dealkylation sites (N-methyl/N-ethyl adjacent to an activating group) is 1.